The largest absolute Gasteiger partial charge is 0.508 e. The van der Waals surface area contributed by atoms with E-state index in [0.29, 0.717) is 5.56 Å². The molecule has 2 aromatic carbocycles. The van der Waals surface area contributed by atoms with Gasteiger partial charge in [0.25, 0.3) is 0 Å². The summed E-state index contributed by atoms with van der Waals surface area (Å²) in [6, 6.07) is 9.58. The zero-order valence-corrected chi connectivity index (χ0v) is 16.5. The Morgan fingerprint density at radius 3 is 2.48 bits per heavy atom. The maximum absolute atomic E-state index is 12.1. The molecule has 5 N–H and O–H groups in total. The summed E-state index contributed by atoms with van der Waals surface area (Å²) in [6.45, 7) is 1.56. The van der Waals surface area contributed by atoms with Crippen LogP contribution in [0.25, 0.3) is 34.1 Å². The highest BCUT2D eigenvalue weighted by atomic mass is 16.5. The van der Waals surface area contributed by atoms with E-state index >= 15 is 0 Å². The molecular weight excluding hydrogens is 404 g/mol. The van der Waals surface area contributed by atoms with Gasteiger partial charge in [0, 0.05) is 11.6 Å². The lowest BCUT2D eigenvalue weighted by atomic mass is 10.1. The zero-order chi connectivity index (χ0) is 22.3. The van der Waals surface area contributed by atoms with E-state index in [-0.39, 0.29) is 57.3 Å². The van der Waals surface area contributed by atoms with Crippen molar-refractivity contribution in [3.8, 4) is 62.8 Å². The molecule has 4 aromatic rings. The highest BCUT2D eigenvalue weighted by Crippen LogP contribution is 2.40. The van der Waals surface area contributed by atoms with Crippen LogP contribution in [0.3, 0.4) is 0 Å². The molecular formula is C22H18N2O7. The molecule has 0 unspecified atom stereocenters. The van der Waals surface area contributed by atoms with Crippen molar-refractivity contribution in [3.05, 3.63) is 58.4 Å². The summed E-state index contributed by atoms with van der Waals surface area (Å²) in [6.07, 6.45) is 0. The van der Waals surface area contributed by atoms with Crippen LogP contribution in [0.4, 0.5) is 0 Å². The number of aryl methyl sites for hydroxylation is 1. The number of phenolic OH excluding ortho intramolecular Hbond substituents is 3. The molecule has 9 heteroatoms. The van der Waals surface area contributed by atoms with Crippen LogP contribution in [-0.2, 0) is 0 Å². The van der Waals surface area contributed by atoms with Crippen molar-refractivity contribution in [2.24, 2.45) is 0 Å². The Bertz CT molecular complexity index is 1350. The lowest BCUT2D eigenvalue weighted by molar-refractivity contribution is 0.373. The van der Waals surface area contributed by atoms with Gasteiger partial charge in [-0.1, -0.05) is 0 Å². The number of imidazole rings is 1. The molecule has 4 rings (SSSR count). The quantitative estimate of drug-likeness (QED) is 0.314. The van der Waals surface area contributed by atoms with E-state index in [0.717, 1.165) is 6.07 Å². The number of rotatable bonds is 4. The summed E-state index contributed by atoms with van der Waals surface area (Å²) in [4.78, 5) is 19.6. The van der Waals surface area contributed by atoms with E-state index in [1.807, 2.05) is 0 Å². The molecule has 158 valence electrons. The first-order valence-electron chi connectivity index (χ1n) is 9.12. The Kier molecular flexibility index (Phi) is 4.78. The Hall–Kier alpha value is -4.40. The highest BCUT2D eigenvalue weighted by Gasteiger charge is 2.23. The van der Waals surface area contributed by atoms with E-state index in [4.69, 9.17) is 9.15 Å². The summed E-state index contributed by atoms with van der Waals surface area (Å²) in [5.74, 6) is -0.496. The van der Waals surface area contributed by atoms with Gasteiger partial charge in [-0.25, -0.2) is 4.98 Å². The van der Waals surface area contributed by atoms with E-state index < -0.39 is 11.2 Å². The first kappa shape index (κ1) is 19.9. The van der Waals surface area contributed by atoms with Crippen molar-refractivity contribution in [1.29, 1.82) is 0 Å². The summed E-state index contributed by atoms with van der Waals surface area (Å²) in [5.41, 5.74) is 0.427. The fourth-order valence-electron chi connectivity index (χ4n) is 3.19. The molecule has 0 aliphatic rings. The standard InChI is InChI=1S/C22H18N2O7/c1-10-7-16(28)20(29)21(31-10)19-18(11-3-5-15(27)17(8-11)30-2)23-22(24-19)13-9-12(25)4-6-14(13)26/h3-9,25-27,29H,1-2H3,(H,23,24). The van der Waals surface area contributed by atoms with Gasteiger partial charge in [-0.3, -0.25) is 4.79 Å². The normalized spacial score (nSPS) is 10.9. The molecule has 0 spiro atoms. The first-order chi connectivity index (χ1) is 14.8. The summed E-state index contributed by atoms with van der Waals surface area (Å²) >= 11 is 0. The molecule has 2 aromatic heterocycles. The maximum atomic E-state index is 12.1. The number of aromatic nitrogens is 2. The highest BCUT2D eigenvalue weighted by molar-refractivity contribution is 5.83. The Morgan fingerprint density at radius 1 is 1.00 bits per heavy atom. The predicted molar refractivity (Wildman–Crippen MR) is 111 cm³/mol. The number of ether oxygens (including phenoxy) is 1. The molecule has 0 atom stereocenters. The van der Waals surface area contributed by atoms with Gasteiger partial charge in [0.2, 0.25) is 11.2 Å². The second-order valence-corrected chi connectivity index (χ2v) is 6.80. The molecule has 0 radical (unpaired) electrons. The number of nitrogens with zero attached hydrogens (tertiary/aromatic N) is 1. The summed E-state index contributed by atoms with van der Waals surface area (Å²) in [5, 5.41) is 40.4. The van der Waals surface area contributed by atoms with E-state index in [1.165, 1.54) is 37.4 Å². The van der Waals surface area contributed by atoms with Crippen LogP contribution in [0.5, 0.6) is 28.7 Å². The number of aromatic hydroxyl groups is 4. The van der Waals surface area contributed by atoms with Crippen molar-refractivity contribution >= 4 is 0 Å². The van der Waals surface area contributed by atoms with Gasteiger partial charge in [-0.05, 0) is 43.3 Å². The lowest BCUT2D eigenvalue weighted by Crippen LogP contribution is -2.01. The number of aromatic amines is 1. The minimum atomic E-state index is -0.635. The average Bonchev–Trinajstić information content (AvgIpc) is 3.17. The monoisotopic (exact) mass is 422 g/mol. The van der Waals surface area contributed by atoms with Crippen molar-refractivity contribution in [1.82, 2.24) is 9.97 Å². The van der Waals surface area contributed by atoms with Crippen molar-refractivity contribution in [3.63, 3.8) is 0 Å². The van der Waals surface area contributed by atoms with Gasteiger partial charge in [0.15, 0.2) is 17.3 Å². The predicted octanol–water partition coefficient (Wildman–Crippen LogP) is 3.50. The number of hydrogen-bond acceptors (Lipinski definition) is 8. The van der Waals surface area contributed by atoms with Gasteiger partial charge in [-0.15, -0.1) is 0 Å². The van der Waals surface area contributed by atoms with Gasteiger partial charge < -0.3 is 34.6 Å². The molecule has 31 heavy (non-hydrogen) atoms. The molecule has 0 amide bonds. The molecule has 0 saturated heterocycles. The van der Waals surface area contributed by atoms with Crippen LogP contribution in [0.15, 0.2) is 51.7 Å². The number of H-pyrrole nitrogens is 1. The second kappa shape index (κ2) is 7.45. The van der Waals surface area contributed by atoms with E-state index in [2.05, 4.69) is 9.97 Å². The van der Waals surface area contributed by atoms with Crippen LogP contribution in [0, 0.1) is 6.92 Å². The third-order valence-electron chi connectivity index (χ3n) is 4.67. The molecule has 0 fully saturated rings. The van der Waals surface area contributed by atoms with Gasteiger partial charge >= 0.3 is 0 Å². The van der Waals surface area contributed by atoms with Crippen molar-refractivity contribution in [2.75, 3.05) is 7.11 Å². The average molecular weight is 422 g/mol. The van der Waals surface area contributed by atoms with Gasteiger partial charge in [-0.2, -0.15) is 0 Å². The lowest BCUT2D eigenvalue weighted by Gasteiger charge is -2.08. The number of phenols is 3. The molecule has 9 nitrogen and oxygen atoms in total. The number of benzene rings is 2. The van der Waals surface area contributed by atoms with Crippen LogP contribution in [0.1, 0.15) is 5.76 Å². The van der Waals surface area contributed by atoms with Crippen LogP contribution in [0.2, 0.25) is 0 Å². The molecule has 0 saturated carbocycles. The Morgan fingerprint density at radius 2 is 1.74 bits per heavy atom. The third-order valence-corrected chi connectivity index (χ3v) is 4.67. The van der Waals surface area contributed by atoms with Crippen molar-refractivity contribution in [2.45, 2.75) is 6.92 Å². The van der Waals surface area contributed by atoms with Crippen LogP contribution >= 0.6 is 0 Å². The Labute approximate surface area is 175 Å². The SMILES string of the molecule is COc1cc(-c2nc(-c3cc(O)ccc3O)[nH]c2-c2oc(C)cc(=O)c2O)ccc1O. The molecule has 0 aliphatic heterocycles. The van der Waals surface area contributed by atoms with E-state index in [9.17, 15) is 25.2 Å². The minimum Gasteiger partial charge on any atom is -0.508 e. The molecule has 0 bridgehead atoms. The van der Waals surface area contributed by atoms with Gasteiger partial charge in [0.05, 0.1) is 12.7 Å². The van der Waals surface area contributed by atoms with Crippen LogP contribution < -0.4 is 10.2 Å². The second-order valence-electron chi connectivity index (χ2n) is 6.80. The first-order valence-corrected chi connectivity index (χ1v) is 9.12. The summed E-state index contributed by atoms with van der Waals surface area (Å²) in [7, 11) is 1.39. The zero-order valence-electron chi connectivity index (χ0n) is 16.5. The number of methoxy groups -OCH3 is 1. The molecule has 2 heterocycles. The molecule has 0 aliphatic carbocycles. The third kappa shape index (κ3) is 3.52. The van der Waals surface area contributed by atoms with Gasteiger partial charge in [0.1, 0.15) is 34.5 Å². The number of nitrogens with one attached hydrogen (secondary N) is 1. The smallest absolute Gasteiger partial charge is 0.227 e. The van der Waals surface area contributed by atoms with Crippen LogP contribution in [-0.4, -0.2) is 37.5 Å². The topological polar surface area (TPSA) is 149 Å². The fourth-order valence-corrected chi connectivity index (χ4v) is 3.19. The minimum absolute atomic E-state index is 0.0841. The number of hydrogen-bond donors (Lipinski definition) is 5. The fraction of sp³-hybridized carbons (Fsp3) is 0.0909. The van der Waals surface area contributed by atoms with E-state index in [1.54, 1.807) is 13.0 Å². The maximum Gasteiger partial charge on any atom is 0.227 e. The van der Waals surface area contributed by atoms with Crippen molar-refractivity contribution < 1.29 is 29.6 Å². The summed E-state index contributed by atoms with van der Waals surface area (Å²) < 4.78 is 10.8. The Balaban J connectivity index is 2.03.